The van der Waals surface area contributed by atoms with Crippen LogP contribution in [0, 0.1) is 29.6 Å². The third-order valence-electron chi connectivity index (χ3n) is 11.1. The molecule has 12 atom stereocenters. The van der Waals surface area contributed by atoms with Crippen molar-refractivity contribution in [2.24, 2.45) is 29.6 Å². The van der Waals surface area contributed by atoms with Crippen LogP contribution in [0.5, 0.6) is 0 Å². The lowest BCUT2D eigenvalue weighted by atomic mass is 9.57. The van der Waals surface area contributed by atoms with Gasteiger partial charge < -0.3 is 28.3 Å². The molecule has 4 aliphatic rings. The molecule has 1 saturated heterocycles. The monoisotopic (exact) mass is 586 g/mol. The summed E-state index contributed by atoms with van der Waals surface area (Å²) < 4.78 is 28.1. The SMILES string of the molecule is CO[C@H]1C[C@H]2C=C[C@@H]3[C@H]4[C@H](O)C(C)C(n5ccnc5)[C@@H]3O[C@]42/C(C)=C\[C@@H](C)[C@@H]([C@@H](C)O[Si](C)(C)C(C)(C)C)OC1=O. The number of carbonyl (C=O) groups excluding carboxylic acids is 1. The van der Waals surface area contributed by atoms with E-state index in [1.54, 1.807) is 13.3 Å². The van der Waals surface area contributed by atoms with Crippen LogP contribution in [0.4, 0.5) is 0 Å². The topological polar surface area (TPSA) is 92.0 Å². The van der Waals surface area contributed by atoms with E-state index >= 15 is 0 Å². The first kappa shape index (κ1) is 30.7. The van der Waals surface area contributed by atoms with E-state index < -0.39 is 32.2 Å². The molecule has 0 aromatic carbocycles. The largest absolute Gasteiger partial charge is 0.457 e. The summed E-state index contributed by atoms with van der Waals surface area (Å²) >= 11 is 0. The number of aliphatic hydroxyl groups is 1. The van der Waals surface area contributed by atoms with Crippen LogP contribution in [0.2, 0.25) is 18.1 Å². The third kappa shape index (κ3) is 4.89. The molecule has 1 spiro atoms. The van der Waals surface area contributed by atoms with Crippen molar-refractivity contribution in [1.29, 1.82) is 0 Å². The molecule has 1 saturated carbocycles. The Kier molecular flexibility index (Phi) is 8.03. The van der Waals surface area contributed by atoms with E-state index in [4.69, 9.17) is 18.6 Å². The average molecular weight is 587 g/mol. The molecule has 2 fully saturated rings. The molecule has 0 amide bonds. The molecule has 4 bridgehead atoms. The highest BCUT2D eigenvalue weighted by Crippen LogP contribution is 2.62. The number of aliphatic hydroxyl groups excluding tert-OH is 1. The van der Waals surface area contributed by atoms with Crippen molar-refractivity contribution in [2.75, 3.05) is 7.11 Å². The second-order valence-electron chi connectivity index (χ2n) is 14.5. The zero-order chi connectivity index (χ0) is 30.1. The van der Waals surface area contributed by atoms with E-state index in [2.05, 4.69) is 82.4 Å². The van der Waals surface area contributed by atoms with Gasteiger partial charge in [0.2, 0.25) is 0 Å². The first-order chi connectivity index (χ1) is 19.1. The average Bonchev–Trinajstić information content (AvgIpc) is 3.47. The minimum Gasteiger partial charge on any atom is -0.457 e. The maximum absolute atomic E-state index is 13.7. The molecule has 1 aromatic heterocycles. The molecule has 2 unspecified atom stereocenters. The van der Waals surface area contributed by atoms with Crippen molar-refractivity contribution >= 4 is 14.3 Å². The normalized spacial score (nSPS) is 43.1. The van der Waals surface area contributed by atoms with E-state index in [1.807, 2.05) is 19.4 Å². The van der Waals surface area contributed by atoms with Crippen LogP contribution in [0.25, 0.3) is 0 Å². The molecule has 1 N–H and O–H groups in total. The zero-order valence-corrected chi connectivity index (χ0v) is 27.4. The molecule has 1 aromatic rings. The Hall–Kier alpha value is -1.78. The van der Waals surface area contributed by atoms with E-state index in [-0.39, 0.29) is 58.8 Å². The van der Waals surface area contributed by atoms with Crippen LogP contribution >= 0.6 is 0 Å². The fraction of sp³-hybridized carbons (Fsp3) is 0.750. The van der Waals surface area contributed by atoms with Gasteiger partial charge >= 0.3 is 5.97 Å². The Balaban J connectivity index is 1.58. The number of carbonyl (C=O) groups is 1. The Bertz CT molecular complexity index is 1180. The molecule has 3 heterocycles. The smallest absolute Gasteiger partial charge is 0.335 e. The van der Waals surface area contributed by atoms with Crippen molar-refractivity contribution in [3.05, 3.63) is 42.5 Å². The lowest BCUT2D eigenvalue weighted by molar-refractivity contribution is -0.171. The number of esters is 1. The highest BCUT2D eigenvalue weighted by molar-refractivity contribution is 6.74. The summed E-state index contributed by atoms with van der Waals surface area (Å²) in [5, 5.41) is 12.0. The highest BCUT2D eigenvalue weighted by atomic mass is 28.4. The number of nitrogens with zero attached hydrogens (tertiary/aromatic N) is 2. The fourth-order valence-corrected chi connectivity index (χ4v) is 9.34. The first-order valence-electron chi connectivity index (χ1n) is 15.3. The number of hydrogen-bond acceptors (Lipinski definition) is 7. The minimum absolute atomic E-state index is 0.0225. The Labute approximate surface area is 246 Å². The number of cyclic esters (lactones) is 1. The summed E-state index contributed by atoms with van der Waals surface area (Å²) in [5.74, 6) is -0.784. The summed E-state index contributed by atoms with van der Waals surface area (Å²) in [5.41, 5.74) is 0.316. The van der Waals surface area contributed by atoms with E-state index in [0.29, 0.717) is 6.42 Å². The van der Waals surface area contributed by atoms with Gasteiger partial charge in [-0.05, 0) is 44.0 Å². The van der Waals surface area contributed by atoms with Crippen molar-refractivity contribution in [2.45, 2.75) is 115 Å². The van der Waals surface area contributed by atoms with Gasteiger partial charge in [-0.3, -0.25) is 0 Å². The second-order valence-corrected chi connectivity index (χ2v) is 19.2. The Morgan fingerprint density at radius 3 is 2.56 bits per heavy atom. The fourth-order valence-electron chi connectivity index (χ4n) is 7.93. The quantitative estimate of drug-likeness (QED) is 0.284. The molecule has 2 aliphatic heterocycles. The van der Waals surface area contributed by atoms with Crippen molar-refractivity contribution in [3.63, 3.8) is 0 Å². The molecule has 41 heavy (non-hydrogen) atoms. The van der Waals surface area contributed by atoms with Gasteiger partial charge in [0.05, 0.1) is 30.7 Å². The Morgan fingerprint density at radius 1 is 1.24 bits per heavy atom. The summed E-state index contributed by atoms with van der Waals surface area (Å²) in [6, 6.07) is -0.0499. The lowest BCUT2D eigenvalue weighted by Crippen LogP contribution is -2.56. The van der Waals surface area contributed by atoms with Crippen molar-refractivity contribution in [1.82, 2.24) is 9.55 Å². The van der Waals surface area contributed by atoms with Crippen LogP contribution in [0.1, 0.15) is 60.9 Å². The molecule has 8 nitrogen and oxygen atoms in total. The van der Waals surface area contributed by atoms with Gasteiger partial charge in [-0.15, -0.1) is 0 Å². The summed E-state index contributed by atoms with van der Waals surface area (Å²) in [6.07, 6.45) is 10.3. The van der Waals surface area contributed by atoms with Crippen LogP contribution < -0.4 is 0 Å². The van der Waals surface area contributed by atoms with Crippen LogP contribution in [0.15, 0.2) is 42.5 Å². The van der Waals surface area contributed by atoms with Gasteiger partial charge in [0.25, 0.3) is 0 Å². The van der Waals surface area contributed by atoms with Gasteiger partial charge in [-0.25, -0.2) is 9.78 Å². The Morgan fingerprint density at radius 2 is 1.95 bits per heavy atom. The van der Waals surface area contributed by atoms with Crippen LogP contribution in [-0.2, 0) is 23.4 Å². The zero-order valence-electron chi connectivity index (χ0n) is 26.4. The molecule has 5 rings (SSSR count). The maximum atomic E-state index is 13.7. The van der Waals surface area contributed by atoms with Gasteiger partial charge in [0.15, 0.2) is 14.4 Å². The maximum Gasteiger partial charge on any atom is 0.335 e. The first-order valence-corrected chi connectivity index (χ1v) is 18.2. The van der Waals surface area contributed by atoms with Gasteiger partial charge in [0.1, 0.15) is 11.7 Å². The van der Waals surface area contributed by atoms with Gasteiger partial charge in [-0.2, -0.15) is 0 Å². The predicted octanol–water partition coefficient (Wildman–Crippen LogP) is 5.31. The van der Waals surface area contributed by atoms with E-state index in [1.165, 1.54) is 0 Å². The van der Waals surface area contributed by atoms with Crippen LogP contribution in [0.3, 0.4) is 0 Å². The number of hydrogen-bond donors (Lipinski definition) is 1. The molecule has 228 valence electrons. The lowest BCUT2D eigenvalue weighted by Gasteiger charge is -2.49. The van der Waals surface area contributed by atoms with Crippen molar-refractivity contribution < 1.29 is 28.5 Å². The number of ether oxygens (including phenoxy) is 3. The third-order valence-corrected chi connectivity index (χ3v) is 15.6. The number of imidazole rings is 1. The van der Waals surface area contributed by atoms with Crippen LogP contribution in [-0.4, -0.2) is 72.2 Å². The summed E-state index contributed by atoms with van der Waals surface area (Å²) in [7, 11) is -0.561. The second kappa shape index (κ2) is 10.7. The number of rotatable bonds is 5. The summed E-state index contributed by atoms with van der Waals surface area (Å²) in [6.45, 7) is 19.4. The van der Waals surface area contributed by atoms with Gasteiger partial charge in [-0.1, -0.05) is 52.8 Å². The molecule has 2 aliphatic carbocycles. The van der Waals surface area contributed by atoms with Crippen molar-refractivity contribution in [3.8, 4) is 0 Å². The minimum atomic E-state index is -2.13. The van der Waals surface area contributed by atoms with E-state index in [0.717, 1.165) is 5.57 Å². The standard InChI is InChI=1S/C32H50N2O6Si/c1-18-15-19(2)32-22(16-24(37-8)30(36)38-28(18)21(4)40-41(9,10)31(5,6)7)11-12-23-25(32)27(35)20(3)26(29(23)39-32)34-14-13-33-17-34/h11-15,17-18,20-29,35H,16H2,1-10H3/b19-15-/t18-,20?,21-,22-,23-,24+,25+,26?,27-,28+,29-,32+/m1/s1. The summed E-state index contributed by atoms with van der Waals surface area (Å²) in [4.78, 5) is 18.0. The van der Waals surface area contributed by atoms with E-state index in [9.17, 15) is 9.90 Å². The molecule has 9 heteroatoms. The molecule has 0 radical (unpaired) electrons. The molecular formula is C32H50N2O6Si. The van der Waals surface area contributed by atoms with Gasteiger partial charge in [0, 0.05) is 49.1 Å². The highest BCUT2D eigenvalue weighted by Gasteiger charge is 2.68. The number of methoxy groups -OCH3 is 1. The number of aromatic nitrogens is 2. The molecular weight excluding hydrogens is 536 g/mol. The predicted molar refractivity (Wildman–Crippen MR) is 160 cm³/mol.